The average Bonchev–Trinajstić information content (AvgIpc) is 3.36. The lowest BCUT2D eigenvalue weighted by Gasteiger charge is -2.34. The lowest BCUT2D eigenvalue weighted by atomic mass is 9.70. The number of fused-ring (bicyclic) bond motifs is 3. The van der Waals surface area contributed by atoms with Crippen molar-refractivity contribution in [3.63, 3.8) is 0 Å². The van der Waals surface area contributed by atoms with Crippen LogP contribution in [0.15, 0.2) is 84.9 Å². The minimum Gasteiger partial charge on any atom is -0.310 e. The molecule has 1 nitrogen and oxygen atoms in total. The summed E-state index contributed by atoms with van der Waals surface area (Å²) in [6, 6.07) is 33.2. The number of hydrogen-bond acceptors (Lipinski definition) is 1. The quantitative estimate of drug-likeness (QED) is 0.0868. The summed E-state index contributed by atoms with van der Waals surface area (Å²) in [5.74, 6) is 0. The molecule has 1 heteroatoms. The second-order valence-electron chi connectivity index (χ2n) is 14.8. The number of aryl methyl sites for hydroxylation is 3. The molecule has 0 saturated heterocycles. The zero-order valence-electron chi connectivity index (χ0n) is 31.1. The van der Waals surface area contributed by atoms with Gasteiger partial charge in [0.05, 0.1) is 0 Å². The highest BCUT2D eigenvalue weighted by atomic mass is 15.1. The third-order valence-electron chi connectivity index (χ3n) is 11.0. The van der Waals surface area contributed by atoms with Crippen molar-refractivity contribution in [1.29, 1.82) is 0 Å². The van der Waals surface area contributed by atoms with Crippen LogP contribution in [0.4, 0.5) is 17.1 Å². The van der Waals surface area contributed by atoms with Crippen LogP contribution < -0.4 is 4.90 Å². The summed E-state index contributed by atoms with van der Waals surface area (Å²) in [7, 11) is 0. The van der Waals surface area contributed by atoms with Gasteiger partial charge < -0.3 is 4.90 Å². The number of hydrogen-bond donors (Lipinski definition) is 0. The second kappa shape index (κ2) is 17.9. The molecule has 0 fully saturated rings. The van der Waals surface area contributed by atoms with Crippen molar-refractivity contribution in [1.82, 2.24) is 0 Å². The summed E-state index contributed by atoms with van der Waals surface area (Å²) in [4.78, 5) is 2.50. The molecule has 0 aliphatic heterocycles. The van der Waals surface area contributed by atoms with E-state index in [1.165, 1.54) is 148 Å². The molecule has 0 atom stereocenters. The SMILES string of the molecule is CCCCCCCCC1(CCCCCCCC)c2cc(C)ccc2-c2ccc(N(c3ccc(C)cc3)c3ccc(CCCC)cc3)cc21. The maximum absolute atomic E-state index is 2.60. The van der Waals surface area contributed by atoms with Gasteiger partial charge in [-0.1, -0.05) is 164 Å². The molecule has 256 valence electrons. The zero-order valence-corrected chi connectivity index (χ0v) is 31.1. The van der Waals surface area contributed by atoms with Crippen LogP contribution in [0.5, 0.6) is 0 Å². The number of nitrogens with zero attached hydrogens (tertiary/aromatic N) is 1. The summed E-state index contributed by atoms with van der Waals surface area (Å²) in [6.45, 7) is 11.4. The molecule has 0 amide bonds. The van der Waals surface area contributed by atoms with Crippen molar-refractivity contribution in [3.05, 3.63) is 113 Å². The molecule has 0 radical (unpaired) electrons. The van der Waals surface area contributed by atoms with Crippen LogP contribution in [0.2, 0.25) is 0 Å². The normalized spacial score (nSPS) is 13.0. The smallest absolute Gasteiger partial charge is 0.0465 e. The first kappa shape index (κ1) is 36.0. The first-order valence-electron chi connectivity index (χ1n) is 19.7. The molecule has 1 aliphatic carbocycles. The molecule has 1 aliphatic rings. The van der Waals surface area contributed by atoms with Crippen molar-refractivity contribution >= 4 is 17.1 Å². The summed E-state index contributed by atoms with van der Waals surface area (Å²) in [5, 5.41) is 0. The Hall–Kier alpha value is -3.32. The van der Waals surface area contributed by atoms with Gasteiger partial charge in [-0.2, -0.15) is 0 Å². The van der Waals surface area contributed by atoms with Crippen LogP contribution in [0.3, 0.4) is 0 Å². The number of rotatable bonds is 20. The van der Waals surface area contributed by atoms with E-state index < -0.39 is 0 Å². The monoisotopic (exact) mass is 641 g/mol. The highest BCUT2D eigenvalue weighted by molar-refractivity contribution is 5.86. The fraction of sp³-hybridized carbons (Fsp3) is 0.489. The number of unbranched alkanes of at least 4 members (excludes halogenated alkanes) is 11. The lowest BCUT2D eigenvalue weighted by molar-refractivity contribution is 0.398. The van der Waals surface area contributed by atoms with E-state index in [-0.39, 0.29) is 5.41 Å². The van der Waals surface area contributed by atoms with Gasteiger partial charge in [-0.25, -0.2) is 0 Å². The molecule has 4 aromatic carbocycles. The largest absolute Gasteiger partial charge is 0.310 e. The van der Waals surface area contributed by atoms with Gasteiger partial charge in [-0.05, 0) is 104 Å². The fourth-order valence-electron chi connectivity index (χ4n) is 8.15. The van der Waals surface area contributed by atoms with Gasteiger partial charge >= 0.3 is 0 Å². The Bertz CT molecular complexity index is 1530. The Morgan fingerprint density at radius 1 is 0.438 bits per heavy atom. The van der Waals surface area contributed by atoms with Crippen molar-refractivity contribution in [3.8, 4) is 11.1 Å². The summed E-state index contributed by atoms with van der Waals surface area (Å²) >= 11 is 0. The standard InChI is InChI=1S/C47H63N/c1-6-9-12-14-16-18-33-47(34-19-17-15-13-10-7-2)45-35-38(5)23-31-43(45)44-32-30-42(36-46(44)47)48(40-26-21-37(4)22-27-40)41-28-24-39(25-29-41)20-11-8-3/h21-32,35-36H,6-20,33-34H2,1-5H3. The van der Waals surface area contributed by atoms with E-state index in [4.69, 9.17) is 0 Å². The predicted octanol–water partition coefficient (Wildman–Crippen LogP) is 14.9. The van der Waals surface area contributed by atoms with Crippen LogP contribution in [0.25, 0.3) is 11.1 Å². The van der Waals surface area contributed by atoms with Crippen LogP contribution in [0, 0.1) is 13.8 Å². The topological polar surface area (TPSA) is 3.24 Å². The van der Waals surface area contributed by atoms with Crippen LogP contribution in [-0.2, 0) is 11.8 Å². The van der Waals surface area contributed by atoms with Gasteiger partial charge in [-0.3, -0.25) is 0 Å². The molecule has 0 bridgehead atoms. The van der Waals surface area contributed by atoms with Gasteiger partial charge in [-0.15, -0.1) is 0 Å². The Morgan fingerprint density at radius 2 is 0.896 bits per heavy atom. The number of benzene rings is 4. The van der Waals surface area contributed by atoms with E-state index in [2.05, 4.69) is 124 Å². The van der Waals surface area contributed by atoms with Gasteiger partial charge in [0.1, 0.15) is 0 Å². The van der Waals surface area contributed by atoms with E-state index in [1.807, 2.05) is 0 Å². The third-order valence-corrected chi connectivity index (χ3v) is 11.0. The van der Waals surface area contributed by atoms with Crippen molar-refractivity contribution < 1.29 is 0 Å². The van der Waals surface area contributed by atoms with Gasteiger partial charge in [0.15, 0.2) is 0 Å². The molecule has 48 heavy (non-hydrogen) atoms. The van der Waals surface area contributed by atoms with E-state index in [9.17, 15) is 0 Å². The molecule has 0 unspecified atom stereocenters. The Balaban J connectivity index is 1.57. The summed E-state index contributed by atoms with van der Waals surface area (Å²) in [5.41, 5.74) is 14.0. The van der Waals surface area contributed by atoms with E-state index in [0.717, 1.165) is 6.42 Å². The molecular formula is C47H63N. The second-order valence-corrected chi connectivity index (χ2v) is 14.8. The highest BCUT2D eigenvalue weighted by Gasteiger charge is 2.42. The Labute approximate surface area is 294 Å². The molecule has 0 saturated carbocycles. The first-order chi connectivity index (χ1) is 23.5. The molecule has 0 spiro atoms. The van der Waals surface area contributed by atoms with Crippen molar-refractivity contribution in [2.75, 3.05) is 4.90 Å². The maximum Gasteiger partial charge on any atom is 0.0465 e. The van der Waals surface area contributed by atoms with Crippen molar-refractivity contribution in [2.24, 2.45) is 0 Å². The summed E-state index contributed by atoms with van der Waals surface area (Å²) in [6.07, 6.45) is 22.2. The molecule has 5 rings (SSSR count). The number of anilines is 3. The predicted molar refractivity (Wildman–Crippen MR) is 211 cm³/mol. The van der Waals surface area contributed by atoms with Gasteiger partial charge in [0, 0.05) is 22.5 Å². The van der Waals surface area contributed by atoms with Crippen LogP contribution in [-0.4, -0.2) is 0 Å². The average molecular weight is 642 g/mol. The van der Waals surface area contributed by atoms with Crippen LogP contribution in [0.1, 0.15) is 151 Å². The fourth-order valence-corrected chi connectivity index (χ4v) is 8.15. The highest BCUT2D eigenvalue weighted by Crippen LogP contribution is 2.56. The molecule has 0 aromatic heterocycles. The summed E-state index contributed by atoms with van der Waals surface area (Å²) < 4.78 is 0. The Kier molecular flexibility index (Phi) is 13.4. The van der Waals surface area contributed by atoms with Crippen LogP contribution >= 0.6 is 0 Å². The minimum atomic E-state index is 0.0746. The zero-order chi connectivity index (χ0) is 33.8. The molecule has 0 N–H and O–H groups in total. The maximum atomic E-state index is 2.60. The van der Waals surface area contributed by atoms with E-state index in [1.54, 1.807) is 11.1 Å². The first-order valence-corrected chi connectivity index (χ1v) is 19.7. The lowest BCUT2D eigenvalue weighted by Crippen LogP contribution is -2.26. The van der Waals surface area contributed by atoms with Gasteiger partial charge in [0.2, 0.25) is 0 Å². The van der Waals surface area contributed by atoms with Gasteiger partial charge in [0.25, 0.3) is 0 Å². The van der Waals surface area contributed by atoms with Crippen molar-refractivity contribution in [2.45, 2.75) is 149 Å². The van der Waals surface area contributed by atoms with E-state index in [0.29, 0.717) is 0 Å². The molecule has 0 heterocycles. The van der Waals surface area contributed by atoms with E-state index >= 15 is 0 Å². The minimum absolute atomic E-state index is 0.0746. The molecule has 4 aromatic rings. The third kappa shape index (κ3) is 8.63. The molecular weight excluding hydrogens is 579 g/mol. The Morgan fingerprint density at radius 3 is 1.48 bits per heavy atom.